The maximum absolute atomic E-state index is 12.5. The Labute approximate surface area is 122 Å². The second-order valence-electron chi connectivity index (χ2n) is 4.54. The van der Waals surface area contributed by atoms with Gasteiger partial charge in [0.15, 0.2) is 0 Å². The lowest BCUT2D eigenvalue weighted by atomic mass is 10.4. The lowest BCUT2D eigenvalue weighted by Crippen LogP contribution is -2.28. The summed E-state index contributed by atoms with van der Waals surface area (Å²) < 4.78 is 29.4. The molecule has 0 aliphatic carbocycles. The molecule has 0 aliphatic heterocycles. The van der Waals surface area contributed by atoms with Crippen LogP contribution in [0.3, 0.4) is 0 Å². The van der Waals surface area contributed by atoms with Gasteiger partial charge in [0.05, 0.1) is 35.3 Å². The normalized spacial score (nSPS) is 12.3. The van der Waals surface area contributed by atoms with E-state index >= 15 is 0 Å². The highest BCUT2D eigenvalue weighted by Gasteiger charge is 2.26. The summed E-state index contributed by atoms with van der Waals surface area (Å²) in [6, 6.07) is 0. The zero-order chi connectivity index (χ0) is 15.1. The summed E-state index contributed by atoms with van der Waals surface area (Å²) in [4.78, 5) is 0.195. The third kappa shape index (κ3) is 2.46. The van der Waals surface area contributed by atoms with E-state index in [0.717, 1.165) is 0 Å². The van der Waals surface area contributed by atoms with Crippen molar-refractivity contribution in [3.05, 3.63) is 28.8 Å². The molecule has 0 radical (unpaired) electrons. The highest BCUT2D eigenvalue weighted by molar-refractivity contribution is 7.89. The van der Waals surface area contributed by atoms with Crippen molar-refractivity contribution in [2.24, 2.45) is 14.1 Å². The third-order valence-electron chi connectivity index (χ3n) is 3.26. The van der Waals surface area contributed by atoms with E-state index in [0.29, 0.717) is 16.4 Å². The van der Waals surface area contributed by atoms with Gasteiger partial charge < -0.3 is 0 Å². The van der Waals surface area contributed by atoms with Crippen molar-refractivity contribution in [1.29, 1.82) is 0 Å². The summed E-state index contributed by atoms with van der Waals surface area (Å²) in [6.07, 6.45) is 2.85. The highest BCUT2D eigenvalue weighted by atomic mass is 35.5. The third-order valence-corrected chi connectivity index (χ3v) is 5.48. The first-order valence-corrected chi connectivity index (χ1v) is 7.68. The predicted molar refractivity (Wildman–Crippen MR) is 74.8 cm³/mol. The number of hydrogen-bond acceptors (Lipinski definition) is 4. The van der Waals surface area contributed by atoms with Crippen LogP contribution in [0, 0.1) is 6.92 Å². The maximum atomic E-state index is 12.5. The number of nitrogens with zero attached hydrogens (tertiary/aromatic N) is 5. The number of halogens is 1. The summed E-state index contributed by atoms with van der Waals surface area (Å²) in [5.74, 6) is 0. The van der Waals surface area contributed by atoms with E-state index in [4.69, 9.17) is 11.6 Å². The van der Waals surface area contributed by atoms with Crippen LogP contribution in [-0.2, 0) is 30.7 Å². The van der Waals surface area contributed by atoms with Crippen LogP contribution in [0.2, 0.25) is 5.02 Å². The van der Waals surface area contributed by atoms with Gasteiger partial charge in [0.1, 0.15) is 4.90 Å². The molecule has 20 heavy (non-hydrogen) atoms. The number of aryl methyl sites for hydroxylation is 2. The zero-order valence-electron chi connectivity index (χ0n) is 11.7. The molecule has 0 N–H and O–H groups in total. The topological polar surface area (TPSA) is 73.0 Å². The minimum atomic E-state index is -3.61. The molecule has 0 fully saturated rings. The van der Waals surface area contributed by atoms with E-state index in [2.05, 4.69) is 10.2 Å². The molecule has 7 nitrogen and oxygen atoms in total. The lowest BCUT2D eigenvalue weighted by molar-refractivity contribution is 0.452. The minimum absolute atomic E-state index is 0.145. The molecule has 2 aromatic heterocycles. The van der Waals surface area contributed by atoms with E-state index in [9.17, 15) is 8.42 Å². The lowest BCUT2D eigenvalue weighted by Gasteiger charge is -2.17. The van der Waals surface area contributed by atoms with Crippen molar-refractivity contribution >= 4 is 21.6 Å². The van der Waals surface area contributed by atoms with E-state index in [1.165, 1.54) is 28.4 Å². The van der Waals surface area contributed by atoms with Crippen molar-refractivity contribution in [2.45, 2.75) is 18.4 Å². The molecule has 0 saturated carbocycles. The van der Waals surface area contributed by atoms with Crippen LogP contribution in [0.5, 0.6) is 0 Å². The smallest absolute Gasteiger partial charge is 0.246 e. The van der Waals surface area contributed by atoms with Gasteiger partial charge in [0.25, 0.3) is 0 Å². The molecule has 2 aromatic rings. The Morgan fingerprint density at radius 2 is 1.85 bits per heavy atom. The second kappa shape index (κ2) is 5.19. The van der Waals surface area contributed by atoms with E-state index in [1.54, 1.807) is 25.7 Å². The first-order chi connectivity index (χ1) is 9.25. The van der Waals surface area contributed by atoms with Gasteiger partial charge >= 0.3 is 0 Å². The van der Waals surface area contributed by atoms with Crippen LogP contribution in [-0.4, -0.2) is 39.3 Å². The van der Waals surface area contributed by atoms with Gasteiger partial charge in [-0.05, 0) is 6.92 Å². The Bertz CT molecular complexity index is 715. The standard InChI is InChI=1S/C11H16ClN5O2S/c1-8-11(6-14-16(8)3)20(18,19)15(2)7-10-9(12)5-13-17(10)4/h5-6H,7H2,1-4H3. The van der Waals surface area contributed by atoms with Crippen LogP contribution in [0.1, 0.15) is 11.4 Å². The monoisotopic (exact) mass is 317 g/mol. The molecule has 2 heterocycles. The highest BCUT2D eigenvalue weighted by Crippen LogP contribution is 2.22. The Hall–Kier alpha value is -1.38. The molecule has 9 heteroatoms. The molecule has 0 atom stereocenters. The van der Waals surface area contributed by atoms with Crippen LogP contribution >= 0.6 is 11.6 Å². The summed E-state index contributed by atoms with van der Waals surface area (Å²) in [5.41, 5.74) is 1.23. The van der Waals surface area contributed by atoms with E-state index < -0.39 is 10.0 Å². The van der Waals surface area contributed by atoms with Gasteiger partial charge in [-0.25, -0.2) is 8.42 Å². The Morgan fingerprint density at radius 1 is 1.25 bits per heavy atom. The van der Waals surface area contributed by atoms with Crippen molar-refractivity contribution in [3.63, 3.8) is 0 Å². The molecule has 0 saturated heterocycles. The first-order valence-electron chi connectivity index (χ1n) is 5.86. The molecule has 0 unspecified atom stereocenters. The second-order valence-corrected chi connectivity index (χ2v) is 6.96. The van der Waals surface area contributed by atoms with Gasteiger partial charge in [-0.1, -0.05) is 11.6 Å². The summed E-state index contributed by atoms with van der Waals surface area (Å²) in [5, 5.41) is 8.40. The van der Waals surface area contributed by atoms with Crippen molar-refractivity contribution in [2.75, 3.05) is 7.05 Å². The molecule has 0 aliphatic rings. The fraction of sp³-hybridized carbons (Fsp3) is 0.455. The molecule has 0 aromatic carbocycles. The fourth-order valence-electron chi connectivity index (χ4n) is 1.81. The summed E-state index contributed by atoms with van der Waals surface area (Å²) >= 11 is 6.00. The van der Waals surface area contributed by atoms with Gasteiger partial charge in [-0.3, -0.25) is 9.36 Å². The quantitative estimate of drug-likeness (QED) is 0.841. The molecular weight excluding hydrogens is 302 g/mol. The van der Waals surface area contributed by atoms with Gasteiger partial charge in [0, 0.05) is 21.1 Å². The van der Waals surface area contributed by atoms with Crippen LogP contribution < -0.4 is 0 Å². The van der Waals surface area contributed by atoms with Gasteiger partial charge in [0.2, 0.25) is 10.0 Å². The largest absolute Gasteiger partial charge is 0.272 e. The van der Waals surface area contributed by atoms with E-state index in [1.807, 2.05) is 0 Å². The Kier molecular flexibility index (Phi) is 3.90. The molecular formula is C11H16ClN5O2S. The van der Waals surface area contributed by atoms with Gasteiger partial charge in [-0.15, -0.1) is 0 Å². The molecule has 0 spiro atoms. The number of rotatable bonds is 4. The van der Waals surface area contributed by atoms with Crippen LogP contribution in [0.4, 0.5) is 0 Å². The van der Waals surface area contributed by atoms with Crippen molar-refractivity contribution in [1.82, 2.24) is 23.9 Å². The Balaban J connectivity index is 2.33. The SMILES string of the molecule is Cc1c(S(=O)(=O)N(C)Cc2c(Cl)cnn2C)cnn1C. The van der Waals surface area contributed by atoms with E-state index in [-0.39, 0.29) is 11.4 Å². The van der Waals surface area contributed by atoms with Crippen molar-refractivity contribution in [3.8, 4) is 0 Å². The number of aromatic nitrogens is 4. The zero-order valence-corrected chi connectivity index (χ0v) is 13.3. The summed E-state index contributed by atoms with van der Waals surface area (Å²) in [6.45, 7) is 1.86. The van der Waals surface area contributed by atoms with Gasteiger partial charge in [-0.2, -0.15) is 14.5 Å². The molecule has 110 valence electrons. The molecule has 0 bridgehead atoms. The number of hydrogen-bond donors (Lipinski definition) is 0. The van der Waals surface area contributed by atoms with Crippen LogP contribution in [0.25, 0.3) is 0 Å². The Morgan fingerprint density at radius 3 is 2.30 bits per heavy atom. The number of sulfonamides is 1. The average Bonchev–Trinajstić information content (AvgIpc) is 2.87. The molecule has 2 rings (SSSR count). The van der Waals surface area contributed by atoms with Crippen molar-refractivity contribution < 1.29 is 8.42 Å². The fourth-order valence-corrected chi connectivity index (χ4v) is 3.35. The first kappa shape index (κ1) is 15.0. The minimum Gasteiger partial charge on any atom is -0.272 e. The summed E-state index contributed by atoms with van der Waals surface area (Å²) in [7, 11) is 1.32. The maximum Gasteiger partial charge on any atom is 0.246 e. The average molecular weight is 318 g/mol. The van der Waals surface area contributed by atoms with Crippen LogP contribution in [0.15, 0.2) is 17.3 Å². The molecule has 0 amide bonds. The predicted octanol–water partition coefficient (Wildman–Crippen LogP) is 0.936.